The van der Waals surface area contributed by atoms with Gasteiger partial charge in [0.1, 0.15) is 78.9 Å². The van der Waals surface area contributed by atoms with Crippen LogP contribution in [0, 0.1) is 0 Å². The van der Waals surface area contributed by atoms with E-state index in [-0.39, 0.29) is 35.8 Å². The zero-order valence-electron chi connectivity index (χ0n) is 81.8. The average molecular weight is 1940 g/mol. The summed E-state index contributed by atoms with van der Waals surface area (Å²) in [5.41, 5.74) is 17.3. The van der Waals surface area contributed by atoms with Crippen molar-refractivity contribution >= 4 is 83.6 Å². The summed E-state index contributed by atoms with van der Waals surface area (Å²) < 4.78 is 38.1. The third-order valence-electron chi connectivity index (χ3n) is 21.6. The van der Waals surface area contributed by atoms with Gasteiger partial charge < -0.3 is 72.5 Å². The summed E-state index contributed by atoms with van der Waals surface area (Å²) >= 11 is 8.81. The minimum Gasteiger partial charge on any atom is -0.456 e. The Kier molecular flexibility index (Phi) is 87.1. The number of carbonyl (C=O) groups excluding carboxylic acids is 6. The van der Waals surface area contributed by atoms with Crippen molar-refractivity contribution in [3.8, 4) is 0 Å². The van der Waals surface area contributed by atoms with Gasteiger partial charge in [0, 0.05) is 0 Å². The Hall–Kier alpha value is -6.78. The lowest BCUT2D eigenvalue weighted by Crippen LogP contribution is -2.51. The quantitative estimate of drug-likeness (QED) is 0.0139. The molecular weight excluding hydrogens is 1760 g/mol. The second kappa shape index (κ2) is 84.4. The van der Waals surface area contributed by atoms with Crippen LogP contribution in [0.2, 0.25) is 0 Å². The highest BCUT2D eigenvalue weighted by molar-refractivity contribution is 9.09. The second-order valence-electron chi connectivity index (χ2n) is 29.9. The number of rotatable bonds is 46. The van der Waals surface area contributed by atoms with Crippen molar-refractivity contribution in [3.05, 3.63) is 215 Å². The molecule has 1 unspecified atom stereocenters. The number of nitrogens with zero attached hydrogens (tertiary/aromatic N) is 6. The number of benzene rings is 6. The molecule has 6 aromatic rings. The van der Waals surface area contributed by atoms with Gasteiger partial charge in [-0.2, -0.15) is 0 Å². The summed E-state index contributed by atoms with van der Waals surface area (Å²) in [5.74, 6) is 4.10. The maximum absolute atomic E-state index is 12.0. The lowest BCUT2D eigenvalue weighted by Gasteiger charge is -2.37. The minimum absolute atomic E-state index is 0.211. The lowest BCUT2D eigenvalue weighted by atomic mass is 10.2. The Labute approximate surface area is 780 Å². The van der Waals surface area contributed by atoms with Crippen molar-refractivity contribution < 1.29 is 84.1 Å². The number of esters is 6. The van der Waals surface area contributed by atoms with E-state index in [4.69, 9.17) is 28.4 Å². The highest BCUT2D eigenvalue weighted by Crippen LogP contribution is 2.16. The summed E-state index contributed by atoms with van der Waals surface area (Å²) in [5, 5.41) is 0. The van der Waals surface area contributed by atoms with Gasteiger partial charge in [-0.25, -0.2) is 28.8 Å². The van der Waals surface area contributed by atoms with Crippen LogP contribution >= 0.6 is 47.8 Å². The van der Waals surface area contributed by atoms with Crippen LogP contribution in [0.4, 0.5) is 0 Å². The van der Waals surface area contributed by atoms with Crippen LogP contribution in [0.5, 0.6) is 0 Å². The molecule has 0 bridgehead atoms. The fourth-order valence-electron chi connectivity index (χ4n) is 13.6. The van der Waals surface area contributed by atoms with Gasteiger partial charge in [0.05, 0.1) is 153 Å². The molecule has 1 atom stereocenters. The largest absolute Gasteiger partial charge is 0.456 e. The summed E-state index contributed by atoms with van der Waals surface area (Å²) in [6.45, 7) is 58.2. The average Bonchev–Trinajstić information content (AvgIpc) is 0.884. The molecule has 0 radical (unpaired) electrons. The van der Waals surface area contributed by atoms with E-state index >= 15 is 0 Å². The molecule has 708 valence electrons. The third kappa shape index (κ3) is 59.3. The monoisotopic (exact) mass is 1930 g/mol. The van der Waals surface area contributed by atoms with Crippen molar-refractivity contribution in [2.24, 2.45) is 17.2 Å². The highest BCUT2D eigenvalue weighted by atomic mass is 79.9. The fourth-order valence-corrected chi connectivity index (χ4v) is 13.6. The van der Waals surface area contributed by atoms with Gasteiger partial charge in [0.15, 0.2) is 0 Å². The van der Waals surface area contributed by atoms with Crippen molar-refractivity contribution in [3.63, 3.8) is 0 Å². The van der Waals surface area contributed by atoms with Crippen LogP contribution < -0.4 is 17.2 Å². The smallest absolute Gasteiger partial charge is 0.338 e. The lowest BCUT2D eigenvalue weighted by molar-refractivity contribution is -0.926. The molecular formula is C100H176Br3N9O12+6. The van der Waals surface area contributed by atoms with E-state index < -0.39 is 0 Å². The molecule has 0 saturated carbocycles. The molecule has 21 nitrogen and oxygen atoms in total. The van der Waals surface area contributed by atoms with Gasteiger partial charge in [-0.1, -0.05) is 205 Å². The molecule has 0 aliphatic carbocycles. The molecule has 124 heavy (non-hydrogen) atoms. The van der Waals surface area contributed by atoms with Crippen LogP contribution in [0.25, 0.3) is 0 Å². The molecule has 0 aliphatic heterocycles. The molecule has 0 heterocycles. The molecule has 6 N–H and O–H groups in total. The number of ether oxygens (including phenoxy) is 6. The van der Waals surface area contributed by atoms with Crippen LogP contribution in [-0.4, -0.2) is 300 Å². The number of nitrogens with two attached hydrogens (primary N) is 3. The maximum Gasteiger partial charge on any atom is 0.338 e. The van der Waals surface area contributed by atoms with Gasteiger partial charge in [0.2, 0.25) is 0 Å². The van der Waals surface area contributed by atoms with E-state index in [1.807, 2.05) is 127 Å². The van der Waals surface area contributed by atoms with E-state index in [1.165, 1.54) is 79.2 Å². The first-order valence-electron chi connectivity index (χ1n) is 45.1. The molecule has 6 aromatic carbocycles. The number of carbonyl (C=O) groups is 6. The number of unbranched alkanes of at least 4 members (excludes halogenated alkanes) is 1. The van der Waals surface area contributed by atoms with Gasteiger partial charge >= 0.3 is 35.8 Å². The molecule has 0 amide bonds. The number of halogens is 3. The summed E-state index contributed by atoms with van der Waals surface area (Å²) in [6, 6.07) is 55.0. The zero-order chi connectivity index (χ0) is 95.4. The third-order valence-corrected chi connectivity index (χ3v) is 21.6. The minimum atomic E-state index is -0.246. The number of hydrogen-bond acceptors (Lipinski definition) is 15. The van der Waals surface area contributed by atoms with E-state index in [2.05, 4.69) is 190 Å². The SMILES string of the molecule is CBr.CBr.CBr.CCCC[N+](CC)(CCC)CCOC(=O)c1ccccc1.CCC[N+](CC)(CCC)CCOC(=O)c1ccccc1.CCC[N+](CC)(CCC)CCOC(=O)c1ccccc1.CC[N+](CC)(CC)CCOC(=O)c1ccccc1.CC[N+](CC)(CC)CCOC(=O)c1ccccc1.CN.CN.CN.C[N+](C)(C)CCOC(=O)c1ccccc1. The van der Waals surface area contributed by atoms with Gasteiger partial charge in [-0.05, 0) is 212 Å². The van der Waals surface area contributed by atoms with E-state index in [1.54, 1.807) is 72.8 Å². The predicted octanol–water partition coefficient (Wildman–Crippen LogP) is 19.6. The molecule has 0 spiro atoms. The topological polar surface area (TPSA) is 236 Å². The highest BCUT2D eigenvalue weighted by Gasteiger charge is 2.28. The first-order valence-corrected chi connectivity index (χ1v) is 49.9. The summed E-state index contributed by atoms with van der Waals surface area (Å²) in [4.78, 5) is 70.8. The number of alkyl halides is 3. The van der Waals surface area contributed by atoms with Crippen molar-refractivity contribution in [1.82, 2.24) is 0 Å². The predicted molar refractivity (Wildman–Crippen MR) is 534 cm³/mol. The molecule has 24 heteroatoms. The Morgan fingerprint density at radius 3 is 0.500 bits per heavy atom. The van der Waals surface area contributed by atoms with E-state index in [0.717, 1.165) is 151 Å². The number of hydrogen-bond donors (Lipinski definition) is 3. The van der Waals surface area contributed by atoms with E-state index in [9.17, 15) is 28.8 Å². The Bertz CT molecular complexity index is 3230. The summed E-state index contributed by atoms with van der Waals surface area (Å²) in [7, 11) is 10.7. The van der Waals surface area contributed by atoms with Crippen molar-refractivity contribution in [1.29, 1.82) is 0 Å². The fraction of sp³-hybridized carbons (Fsp3) is 0.580. The van der Waals surface area contributed by atoms with Crippen molar-refractivity contribution in [2.45, 2.75) is 149 Å². The van der Waals surface area contributed by atoms with Gasteiger partial charge in [-0.3, -0.25) is 0 Å². The Morgan fingerprint density at radius 1 is 0.218 bits per heavy atom. The molecule has 0 saturated heterocycles. The normalized spacial score (nSPS) is 10.9. The van der Waals surface area contributed by atoms with Gasteiger partial charge in [-0.15, -0.1) is 0 Å². The van der Waals surface area contributed by atoms with Crippen molar-refractivity contribution in [2.75, 3.05) is 237 Å². The second-order valence-corrected chi connectivity index (χ2v) is 29.9. The van der Waals surface area contributed by atoms with Gasteiger partial charge in [0.25, 0.3) is 0 Å². The summed E-state index contributed by atoms with van der Waals surface area (Å²) in [6.07, 6.45) is 8.29. The first-order chi connectivity index (χ1) is 59.8. The van der Waals surface area contributed by atoms with Crippen LogP contribution in [0.15, 0.2) is 182 Å². The number of likely N-dealkylation sites (N-methyl/N-ethyl adjacent to an activating group) is 6. The zero-order valence-corrected chi connectivity index (χ0v) is 86.6. The maximum atomic E-state index is 12.0. The molecule has 0 aromatic heterocycles. The molecule has 0 fully saturated rings. The molecule has 0 aliphatic rings. The first kappa shape index (κ1) is 128. The van der Waals surface area contributed by atoms with E-state index in [0.29, 0.717) is 73.0 Å². The number of quaternary nitrogens is 6. The van der Waals surface area contributed by atoms with Crippen LogP contribution in [0.1, 0.15) is 211 Å². The molecule has 6 rings (SSSR count). The standard InChI is InChI=1S/C18H30NO2.2C17H28NO2.2C15H24NO2.C12H18NO2.3CH3Br.3CH5N/c1-4-7-14-19(6-3,13-5-2)15-16-21-18(20)17-11-9-8-10-12-17;2*1-4-12-18(6-3,13-5-2)14-15-20-17(19)16-10-8-7-9-11-16;2*1-4-16(5-2,6-3)12-13-18-15(17)14-10-8-7-9-11-14;1-13(2,3)9-10-15-12(14)11-7-5-4-6-8-11;6*1-2/h8-12H,4-7,13-16H2,1-3H3;2*7-11H,4-6,12-15H2,1-3H3;2*7-11H,4-6,12-13H2,1-3H3;4-8H,9-10H2,1-3H3;3*1H3;3*2H2,1H3/q6*+1;;;;;;. The Morgan fingerprint density at radius 2 is 0.363 bits per heavy atom. The van der Waals surface area contributed by atoms with Crippen LogP contribution in [-0.2, 0) is 28.4 Å². The van der Waals surface area contributed by atoms with Crippen LogP contribution in [0.3, 0.4) is 0 Å². The Balaban J connectivity index is -0.000000329.